The van der Waals surface area contributed by atoms with Gasteiger partial charge in [0.15, 0.2) is 0 Å². The summed E-state index contributed by atoms with van der Waals surface area (Å²) in [5.41, 5.74) is 2.95. The summed E-state index contributed by atoms with van der Waals surface area (Å²) >= 11 is 0. The Hall–Kier alpha value is -1.08. The number of aliphatic hydroxyl groups excluding tert-OH is 1. The minimum Gasteiger partial charge on any atom is -0.393 e. The van der Waals surface area contributed by atoms with Crippen LogP contribution in [-0.4, -0.2) is 11.2 Å². The molecule has 3 aliphatic carbocycles. The Morgan fingerprint density at radius 1 is 1.35 bits per heavy atom. The maximum Gasteiger partial charge on any atom is 0.0596 e. The van der Waals surface area contributed by atoms with Crippen LogP contribution in [0.25, 0.3) is 0 Å². The number of allylic oxidation sites excluding steroid dienone is 7. The number of rotatable bonds is 1. The standard InChI is InChI=1S/C19H26O/c1-4-6-14-13(5-2)7-8-16-15(14)11-12-19(3)17(16)9-10-18(19)20/h4-8,15-18,20H,1,9-12H2,2-3H3/b13-5-,14-6+/t15-,16-,17+,18-,19+/m0/s1. The van der Waals surface area contributed by atoms with Gasteiger partial charge in [-0.25, -0.2) is 0 Å². The van der Waals surface area contributed by atoms with Gasteiger partial charge in [-0.2, -0.15) is 0 Å². The molecule has 1 nitrogen and oxygen atoms in total. The van der Waals surface area contributed by atoms with Gasteiger partial charge < -0.3 is 5.11 Å². The van der Waals surface area contributed by atoms with Crippen LogP contribution in [0.3, 0.4) is 0 Å². The summed E-state index contributed by atoms with van der Waals surface area (Å²) in [6.45, 7) is 8.31. The van der Waals surface area contributed by atoms with E-state index in [1.54, 1.807) is 0 Å². The average Bonchev–Trinajstić information content (AvgIpc) is 2.75. The molecular formula is C19H26O. The highest BCUT2D eigenvalue weighted by Crippen LogP contribution is 2.59. The lowest BCUT2D eigenvalue weighted by atomic mass is 9.56. The normalized spacial score (nSPS) is 47.4. The maximum absolute atomic E-state index is 10.4. The van der Waals surface area contributed by atoms with E-state index in [4.69, 9.17) is 0 Å². The van der Waals surface area contributed by atoms with Crippen molar-refractivity contribution < 1.29 is 5.11 Å². The van der Waals surface area contributed by atoms with Gasteiger partial charge in [-0.3, -0.25) is 0 Å². The number of aliphatic hydroxyl groups is 1. The molecule has 0 spiro atoms. The third kappa shape index (κ3) is 1.87. The molecule has 20 heavy (non-hydrogen) atoms. The molecule has 1 heteroatoms. The van der Waals surface area contributed by atoms with Crippen LogP contribution in [0.5, 0.6) is 0 Å². The van der Waals surface area contributed by atoms with Crippen molar-refractivity contribution in [3.63, 3.8) is 0 Å². The zero-order valence-electron chi connectivity index (χ0n) is 12.7. The molecule has 0 aromatic heterocycles. The van der Waals surface area contributed by atoms with Gasteiger partial charge in [-0.1, -0.05) is 43.9 Å². The monoisotopic (exact) mass is 270 g/mol. The van der Waals surface area contributed by atoms with E-state index in [1.165, 1.54) is 24.0 Å². The van der Waals surface area contributed by atoms with E-state index in [0.717, 1.165) is 12.8 Å². The van der Waals surface area contributed by atoms with Crippen LogP contribution in [-0.2, 0) is 0 Å². The van der Waals surface area contributed by atoms with Crippen LogP contribution < -0.4 is 0 Å². The molecule has 0 radical (unpaired) electrons. The van der Waals surface area contributed by atoms with Crippen molar-refractivity contribution >= 4 is 0 Å². The Labute approximate surface area is 122 Å². The highest BCUT2D eigenvalue weighted by molar-refractivity contribution is 5.47. The summed E-state index contributed by atoms with van der Waals surface area (Å²) in [6, 6.07) is 0. The second kappa shape index (κ2) is 5.04. The first-order valence-corrected chi connectivity index (χ1v) is 7.97. The second-order valence-electron chi connectivity index (χ2n) is 6.89. The summed E-state index contributed by atoms with van der Waals surface area (Å²) in [5.74, 6) is 1.85. The van der Waals surface area contributed by atoms with Gasteiger partial charge in [0, 0.05) is 0 Å². The highest BCUT2D eigenvalue weighted by atomic mass is 16.3. The molecule has 3 aliphatic rings. The Morgan fingerprint density at radius 2 is 2.15 bits per heavy atom. The molecule has 0 saturated heterocycles. The molecule has 0 aliphatic heterocycles. The first-order valence-electron chi connectivity index (χ1n) is 7.97. The fourth-order valence-corrected chi connectivity index (χ4v) is 4.93. The fraction of sp³-hybridized carbons (Fsp3) is 0.579. The molecular weight excluding hydrogens is 244 g/mol. The number of hydrogen-bond donors (Lipinski definition) is 1. The van der Waals surface area contributed by atoms with E-state index in [1.807, 2.05) is 6.08 Å². The van der Waals surface area contributed by atoms with E-state index in [0.29, 0.717) is 17.8 Å². The fourth-order valence-electron chi connectivity index (χ4n) is 4.93. The highest BCUT2D eigenvalue weighted by Gasteiger charge is 2.53. The van der Waals surface area contributed by atoms with Crippen LogP contribution in [0.1, 0.15) is 39.5 Å². The lowest BCUT2D eigenvalue weighted by molar-refractivity contribution is -0.0144. The van der Waals surface area contributed by atoms with Gasteiger partial charge in [-0.05, 0) is 66.9 Å². The quantitative estimate of drug-likeness (QED) is 0.748. The minimum absolute atomic E-state index is 0.100. The molecule has 0 aromatic carbocycles. The molecule has 0 heterocycles. The molecule has 2 fully saturated rings. The SMILES string of the molecule is C=C/C=C1\C(=C/C)C=C[C@@H]2[C@H]3CC[C@H](O)[C@]3(C)CC[C@@H]12. The predicted octanol–water partition coefficient (Wildman–Crippen LogP) is 4.42. The Kier molecular flexibility index (Phi) is 3.50. The summed E-state index contributed by atoms with van der Waals surface area (Å²) in [5, 5.41) is 10.4. The van der Waals surface area contributed by atoms with Gasteiger partial charge in [0.25, 0.3) is 0 Å². The zero-order chi connectivity index (χ0) is 14.3. The Morgan fingerprint density at radius 3 is 2.85 bits per heavy atom. The lowest BCUT2D eigenvalue weighted by Crippen LogP contribution is -2.43. The molecule has 0 bridgehead atoms. The average molecular weight is 270 g/mol. The van der Waals surface area contributed by atoms with E-state index in [-0.39, 0.29) is 11.5 Å². The summed E-state index contributed by atoms with van der Waals surface area (Å²) < 4.78 is 0. The second-order valence-corrected chi connectivity index (χ2v) is 6.89. The van der Waals surface area contributed by atoms with Crippen molar-refractivity contribution in [1.29, 1.82) is 0 Å². The van der Waals surface area contributed by atoms with Gasteiger partial charge >= 0.3 is 0 Å². The van der Waals surface area contributed by atoms with Crippen molar-refractivity contribution in [1.82, 2.24) is 0 Å². The summed E-state index contributed by atoms with van der Waals surface area (Å²) in [4.78, 5) is 0. The summed E-state index contributed by atoms with van der Waals surface area (Å²) in [6.07, 6.45) is 15.4. The van der Waals surface area contributed by atoms with E-state index in [9.17, 15) is 5.11 Å². The first kappa shape index (κ1) is 13.9. The zero-order valence-corrected chi connectivity index (χ0v) is 12.7. The molecule has 1 N–H and O–H groups in total. The van der Waals surface area contributed by atoms with Gasteiger partial charge in [0.05, 0.1) is 6.10 Å². The van der Waals surface area contributed by atoms with Crippen LogP contribution >= 0.6 is 0 Å². The third-order valence-electron chi connectivity index (χ3n) is 6.12. The van der Waals surface area contributed by atoms with Crippen molar-refractivity contribution in [3.05, 3.63) is 48.1 Å². The largest absolute Gasteiger partial charge is 0.393 e. The van der Waals surface area contributed by atoms with E-state index in [2.05, 4.69) is 44.7 Å². The third-order valence-corrected chi connectivity index (χ3v) is 6.12. The van der Waals surface area contributed by atoms with E-state index >= 15 is 0 Å². The number of fused-ring (bicyclic) bond motifs is 3. The van der Waals surface area contributed by atoms with Crippen LogP contribution in [0.15, 0.2) is 48.1 Å². The van der Waals surface area contributed by atoms with Crippen molar-refractivity contribution in [2.24, 2.45) is 23.2 Å². The maximum atomic E-state index is 10.4. The number of hydrogen-bond acceptors (Lipinski definition) is 1. The Balaban J connectivity index is 2.00. The Bertz CT molecular complexity index is 496. The van der Waals surface area contributed by atoms with Gasteiger partial charge in [-0.15, -0.1) is 0 Å². The summed E-state index contributed by atoms with van der Waals surface area (Å²) in [7, 11) is 0. The lowest BCUT2D eigenvalue weighted by Gasteiger charge is -2.49. The smallest absolute Gasteiger partial charge is 0.0596 e. The molecule has 0 amide bonds. The van der Waals surface area contributed by atoms with E-state index < -0.39 is 0 Å². The molecule has 5 atom stereocenters. The molecule has 2 saturated carbocycles. The molecule has 0 aromatic rings. The first-order chi connectivity index (χ1) is 9.61. The van der Waals surface area contributed by atoms with Crippen molar-refractivity contribution in [2.45, 2.75) is 45.6 Å². The van der Waals surface area contributed by atoms with Crippen molar-refractivity contribution in [3.8, 4) is 0 Å². The van der Waals surface area contributed by atoms with Gasteiger partial charge in [0.2, 0.25) is 0 Å². The molecule has 3 rings (SSSR count). The van der Waals surface area contributed by atoms with Crippen LogP contribution in [0.2, 0.25) is 0 Å². The van der Waals surface area contributed by atoms with Crippen molar-refractivity contribution in [2.75, 3.05) is 0 Å². The predicted molar refractivity (Wildman–Crippen MR) is 84.2 cm³/mol. The van der Waals surface area contributed by atoms with Gasteiger partial charge in [0.1, 0.15) is 0 Å². The van der Waals surface area contributed by atoms with Crippen LogP contribution in [0.4, 0.5) is 0 Å². The van der Waals surface area contributed by atoms with Crippen LogP contribution in [0, 0.1) is 23.2 Å². The topological polar surface area (TPSA) is 20.2 Å². The molecule has 108 valence electrons. The minimum atomic E-state index is -0.100. The molecule has 0 unspecified atom stereocenters.